The Morgan fingerprint density at radius 1 is 1.07 bits per heavy atom. The first-order valence-electron chi connectivity index (χ1n) is 10.9. The van der Waals surface area contributed by atoms with Crippen LogP contribution in [-0.2, 0) is 19.1 Å². The van der Waals surface area contributed by atoms with Crippen LogP contribution >= 0.6 is 0 Å². The molecule has 2 fully saturated rings. The SMILES string of the molecule is CCCC=C1OC(=O)C2=C1CC[C@H]1[C@H]3C=C4C(=O)OC(=CCCC)[C@@]4(CC3)[C@@H]21. The first kappa shape index (κ1) is 18.0. The summed E-state index contributed by atoms with van der Waals surface area (Å²) >= 11 is 0. The molecule has 2 heterocycles. The fourth-order valence-corrected chi connectivity index (χ4v) is 6.29. The number of fused-ring (bicyclic) bond motifs is 1. The molecule has 6 rings (SSSR count). The van der Waals surface area contributed by atoms with E-state index in [9.17, 15) is 9.59 Å². The second-order valence-electron chi connectivity index (χ2n) is 8.82. The minimum absolute atomic E-state index is 0.0181. The van der Waals surface area contributed by atoms with Gasteiger partial charge in [0.15, 0.2) is 0 Å². The van der Waals surface area contributed by atoms with Gasteiger partial charge in [-0.15, -0.1) is 0 Å². The third-order valence-corrected chi connectivity index (χ3v) is 7.43. The molecule has 0 radical (unpaired) electrons. The average Bonchev–Trinajstić information content (AvgIpc) is 3.19. The summed E-state index contributed by atoms with van der Waals surface area (Å²) in [6.45, 7) is 4.26. The number of rotatable bonds is 4. The maximum Gasteiger partial charge on any atom is 0.340 e. The fraction of sp³-hybridized carbons (Fsp3) is 0.583. The second-order valence-corrected chi connectivity index (χ2v) is 8.82. The number of esters is 2. The molecular formula is C24H28O4. The predicted molar refractivity (Wildman–Crippen MR) is 105 cm³/mol. The minimum Gasteiger partial charge on any atom is -0.427 e. The number of unbranched alkanes of at least 4 members (excludes halogenated alkanes) is 2. The van der Waals surface area contributed by atoms with E-state index in [0.717, 1.165) is 79.6 Å². The molecule has 2 aliphatic heterocycles. The van der Waals surface area contributed by atoms with Gasteiger partial charge in [-0.25, -0.2) is 9.59 Å². The molecule has 4 aliphatic carbocycles. The van der Waals surface area contributed by atoms with Gasteiger partial charge in [-0.1, -0.05) is 32.8 Å². The van der Waals surface area contributed by atoms with Crippen molar-refractivity contribution in [1.29, 1.82) is 0 Å². The molecule has 1 saturated heterocycles. The summed E-state index contributed by atoms with van der Waals surface area (Å²) in [5.74, 6) is 1.96. The Labute approximate surface area is 166 Å². The molecule has 0 unspecified atom stereocenters. The molecule has 2 bridgehead atoms. The fourth-order valence-electron chi connectivity index (χ4n) is 6.29. The Morgan fingerprint density at radius 3 is 2.64 bits per heavy atom. The van der Waals surface area contributed by atoms with Crippen LogP contribution in [0.3, 0.4) is 0 Å². The van der Waals surface area contributed by atoms with Gasteiger partial charge in [0.2, 0.25) is 0 Å². The van der Waals surface area contributed by atoms with Crippen molar-refractivity contribution in [3.05, 3.63) is 46.5 Å². The van der Waals surface area contributed by atoms with E-state index in [4.69, 9.17) is 9.47 Å². The topological polar surface area (TPSA) is 52.6 Å². The van der Waals surface area contributed by atoms with Crippen LogP contribution in [0.2, 0.25) is 0 Å². The van der Waals surface area contributed by atoms with Gasteiger partial charge in [0.25, 0.3) is 0 Å². The van der Waals surface area contributed by atoms with E-state index < -0.39 is 5.41 Å². The monoisotopic (exact) mass is 380 g/mol. The maximum atomic E-state index is 13.0. The summed E-state index contributed by atoms with van der Waals surface area (Å²) in [5.41, 5.74) is 2.29. The van der Waals surface area contributed by atoms with Crippen LogP contribution < -0.4 is 0 Å². The molecular weight excluding hydrogens is 352 g/mol. The maximum absolute atomic E-state index is 13.0. The lowest BCUT2D eigenvalue weighted by atomic mass is 9.47. The lowest BCUT2D eigenvalue weighted by Crippen LogP contribution is -2.50. The molecule has 1 saturated carbocycles. The Morgan fingerprint density at radius 2 is 1.86 bits per heavy atom. The highest BCUT2D eigenvalue weighted by molar-refractivity contribution is 5.99. The summed E-state index contributed by atoms with van der Waals surface area (Å²) < 4.78 is 11.6. The Kier molecular flexibility index (Phi) is 4.15. The van der Waals surface area contributed by atoms with Crippen LogP contribution in [0, 0.1) is 23.2 Å². The van der Waals surface area contributed by atoms with E-state index in [2.05, 4.69) is 32.1 Å². The quantitative estimate of drug-likeness (QED) is 0.635. The molecule has 0 aromatic rings. The van der Waals surface area contributed by atoms with E-state index in [-0.39, 0.29) is 17.9 Å². The lowest BCUT2D eigenvalue weighted by molar-refractivity contribution is -0.135. The van der Waals surface area contributed by atoms with Crippen molar-refractivity contribution in [2.45, 2.75) is 65.2 Å². The van der Waals surface area contributed by atoms with Gasteiger partial charge in [-0.05, 0) is 62.5 Å². The van der Waals surface area contributed by atoms with Gasteiger partial charge < -0.3 is 9.47 Å². The van der Waals surface area contributed by atoms with Crippen LogP contribution in [0.4, 0.5) is 0 Å². The number of allylic oxidation sites excluding steroid dienone is 5. The first-order valence-corrected chi connectivity index (χ1v) is 10.9. The molecule has 0 aromatic carbocycles. The molecule has 0 N–H and O–H groups in total. The van der Waals surface area contributed by atoms with Gasteiger partial charge in [-0.3, -0.25) is 0 Å². The highest BCUT2D eigenvalue weighted by atomic mass is 16.5. The number of cyclic esters (lactones) is 2. The van der Waals surface area contributed by atoms with E-state index in [1.54, 1.807) is 0 Å². The van der Waals surface area contributed by atoms with Crippen molar-refractivity contribution in [2.75, 3.05) is 0 Å². The van der Waals surface area contributed by atoms with E-state index in [1.165, 1.54) is 0 Å². The van der Waals surface area contributed by atoms with Crippen molar-refractivity contribution in [2.24, 2.45) is 23.2 Å². The largest absolute Gasteiger partial charge is 0.427 e. The first-order chi connectivity index (χ1) is 13.6. The number of ether oxygens (including phenoxy) is 2. The highest BCUT2D eigenvalue weighted by Crippen LogP contribution is 2.68. The molecule has 0 amide bonds. The zero-order chi connectivity index (χ0) is 19.5. The number of carbonyl (C=O) groups excluding carboxylic acids is 2. The predicted octanol–water partition coefficient (Wildman–Crippen LogP) is 5.13. The summed E-state index contributed by atoms with van der Waals surface area (Å²) in [6, 6.07) is 0. The van der Waals surface area contributed by atoms with Crippen molar-refractivity contribution < 1.29 is 19.1 Å². The van der Waals surface area contributed by atoms with Crippen molar-refractivity contribution in [1.82, 2.24) is 0 Å². The van der Waals surface area contributed by atoms with Gasteiger partial charge in [0, 0.05) is 22.6 Å². The summed E-state index contributed by atoms with van der Waals surface area (Å²) in [7, 11) is 0. The standard InChI is InChI=1S/C24H28O4/c1-3-5-7-18-16-10-9-15-14-11-12-24(21(15)20(16)23(26)27-18)17(13-14)22(25)28-19(24)8-6-4-2/h7-8,13-15,21H,3-6,9-12H2,1-2H3/t14-,15+,21-,24+/m1/s1. The smallest absolute Gasteiger partial charge is 0.340 e. The van der Waals surface area contributed by atoms with Gasteiger partial charge >= 0.3 is 11.9 Å². The van der Waals surface area contributed by atoms with Crippen molar-refractivity contribution in [3.8, 4) is 0 Å². The number of hydrogen-bond donors (Lipinski definition) is 0. The van der Waals surface area contributed by atoms with Crippen LogP contribution in [0.5, 0.6) is 0 Å². The molecule has 4 atom stereocenters. The summed E-state index contributed by atoms with van der Waals surface area (Å²) in [5, 5.41) is 0. The number of carbonyl (C=O) groups is 2. The Balaban J connectivity index is 1.68. The zero-order valence-corrected chi connectivity index (χ0v) is 16.8. The second kappa shape index (κ2) is 6.47. The van der Waals surface area contributed by atoms with Crippen LogP contribution in [0.1, 0.15) is 65.2 Å². The van der Waals surface area contributed by atoms with Crippen LogP contribution in [0.25, 0.3) is 0 Å². The van der Waals surface area contributed by atoms with E-state index in [1.807, 2.05) is 0 Å². The third kappa shape index (κ3) is 2.23. The van der Waals surface area contributed by atoms with Crippen molar-refractivity contribution >= 4 is 11.9 Å². The summed E-state index contributed by atoms with van der Waals surface area (Å²) in [4.78, 5) is 25.8. The van der Waals surface area contributed by atoms with Gasteiger partial charge in [0.1, 0.15) is 11.5 Å². The average molecular weight is 380 g/mol. The van der Waals surface area contributed by atoms with Gasteiger partial charge in [0.05, 0.1) is 5.41 Å². The lowest BCUT2D eigenvalue weighted by Gasteiger charge is -2.54. The Bertz CT molecular complexity index is 871. The zero-order valence-electron chi connectivity index (χ0n) is 16.8. The van der Waals surface area contributed by atoms with Crippen LogP contribution in [0.15, 0.2) is 46.5 Å². The van der Waals surface area contributed by atoms with Gasteiger partial charge in [-0.2, -0.15) is 0 Å². The molecule has 148 valence electrons. The normalized spacial score (nSPS) is 38.4. The van der Waals surface area contributed by atoms with Crippen LogP contribution in [-0.4, -0.2) is 11.9 Å². The molecule has 1 spiro atoms. The summed E-state index contributed by atoms with van der Waals surface area (Å²) in [6.07, 6.45) is 14.1. The van der Waals surface area contributed by atoms with E-state index >= 15 is 0 Å². The molecule has 28 heavy (non-hydrogen) atoms. The van der Waals surface area contributed by atoms with E-state index in [0.29, 0.717) is 11.8 Å². The molecule has 4 heteroatoms. The molecule has 6 aliphatic rings. The molecule has 4 nitrogen and oxygen atoms in total. The van der Waals surface area contributed by atoms with Crippen molar-refractivity contribution in [3.63, 3.8) is 0 Å². The molecule has 0 aromatic heterocycles. The minimum atomic E-state index is -0.452. The third-order valence-electron chi connectivity index (χ3n) is 7.43. The number of hydrogen-bond acceptors (Lipinski definition) is 4. The Hall–Kier alpha value is -2.10. The highest BCUT2D eigenvalue weighted by Gasteiger charge is 2.66.